The normalized spacial score (nSPS) is 20.9. The molecule has 1 saturated heterocycles. The lowest BCUT2D eigenvalue weighted by molar-refractivity contribution is 0.544. The van der Waals surface area contributed by atoms with Crippen molar-refractivity contribution in [3.8, 4) is 0 Å². The summed E-state index contributed by atoms with van der Waals surface area (Å²) < 4.78 is 0. The average Bonchev–Trinajstić information content (AvgIpc) is 2.62. The van der Waals surface area contributed by atoms with Crippen LogP contribution in [0.1, 0.15) is 46.4 Å². The molecule has 2 N–H and O–H groups in total. The van der Waals surface area contributed by atoms with Crippen LogP contribution in [0.15, 0.2) is 6.07 Å². The predicted molar refractivity (Wildman–Crippen MR) is 71.2 cm³/mol. The SMILES string of the molecule is CC1CCCN1c1cc(N)nc(C(C)(C)C)n1. The molecule has 1 aromatic rings. The number of nitrogens with zero attached hydrogens (tertiary/aromatic N) is 3. The number of anilines is 2. The lowest BCUT2D eigenvalue weighted by Crippen LogP contribution is -2.29. The Bertz CT molecular complexity index is 408. The van der Waals surface area contributed by atoms with Crippen LogP contribution in [-0.4, -0.2) is 22.6 Å². The molecule has 94 valence electrons. The third kappa shape index (κ3) is 2.51. The number of hydrogen-bond acceptors (Lipinski definition) is 4. The summed E-state index contributed by atoms with van der Waals surface area (Å²) in [6.07, 6.45) is 2.46. The van der Waals surface area contributed by atoms with E-state index in [2.05, 4.69) is 42.6 Å². The van der Waals surface area contributed by atoms with Crippen molar-refractivity contribution in [3.05, 3.63) is 11.9 Å². The molecule has 1 aliphatic rings. The third-order valence-electron chi connectivity index (χ3n) is 3.25. The van der Waals surface area contributed by atoms with Gasteiger partial charge in [-0.25, -0.2) is 9.97 Å². The van der Waals surface area contributed by atoms with E-state index in [1.54, 1.807) is 0 Å². The van der Waals surface area contributed by atoms with E-state index in [1.165, 1.54) is 12.8 Å². The van der Waals surface area contributed by atoms with Crippen LogP contribution in [-0.2, 0) is 5.41 Å². The summed E-state index contributed by atoms with van der Waals surface area (Å²) in [5, 5.41) is 0. The van der Waals surface area contributed by atoms with Gasteiger partial charge in [0.05, 0.1) is 0 Å². The lowest BCUT2D eigenvalue weighted by Gasteiger charge is -2.25. The standard InChI is InChI=1S/C13H22N4/c1-9-6-5-7-17(9)11-8-10(14)15-12(16-11)13(2,3)4/h8-9H,5-7H2,1-4H3,(H2,14,15,16). The van der Waals surface area contributed by atoms with Crippen LogP contribution < -0.4 is 10.6 Å². The quantitative estimate of drug-likeness (QED) is 0.810. The number of rotatable bonds is 1. The zero-order chi connectivity index (χ0) is 12.6. The maximum atomic E-state index is 5.89. The second-order valence-corrected chi connectivity index (χ2v) is 5.91. The summed E-state index contributed by atoms with van der Waals surface area (Å²) in [5.74, 6) is 2.37. The molecular weight excluding hydrogens is 212 g/mol. The van der Waals surface area contributed by atoms with Gasteiger partial charge in [0.2, 0.25) is 0 Å². The van der Waals surface area contributed by atoms with Crippen LogP contribution in [0, 0.1) is 0 Å². The molecular formula is C13H22N4. The highest BCUT2D eigenvalue weighted by Gasteiger charge is 2.25. The Balaban J connectivity index is 2.38. The molecule has 4 nitrogen and oxygen atoms in total. The van der Waals surface area contributed by atoms with Crippen LogP contribution >= 0.6 is 0 Å². The molecule has 2 heterocycles. The van der Waals surface area contributed by atoms with E-state index in [-0.39, 0.29) is 5.41 Å². The van der Waals surface area contributed by atoms with Gasteiger partial charge in [-0.1, -0.05) is 20.8 Å². The third-order valence-corrected chi connectivity index (χ3v) is 3.25. The van der Waals surface area contributed by atoms with Gasteiger partial charge in [-0.15, -0.1) is 0 Å². The average molecular weight is 234 g/mol. The zero-order valence-corrected chi connectivity index (χ0v) is 11.2. The Morgan fingerprint density at radius 2 is 2.06 bits per heavy atom. The minimum absolute atomic E-state index is 0.0624. The smallest absolute Gasteiger partial charge is 0.138 e. The number of aromatic nitrogens is 2. The van der Waals surface area contributed by atoms with Crippen molar-refractivity contribution in [1.29, 1.82) is 0 Å². The minimum Gasteiger partial charge on any atom is -0.384 e. The molecule has 0 spiro atoms. The fraction of sp³-hybridized carbons (Fsp3) is 0.692. The first-order valence-corrected chi connectivity index (χ1v) is 6.29. The van der Waals surface area contributed by atoms with Gasteiger partial charge in [0.15, 0.2) is 0 Å². The molecule has 0 amide bonds. The monoisotopic (exact) mass is 234 g/mol. The van der Waals surface area contributed by atoms with Gasteiger partial charge in [0, 0.05) is 24.1 Å². The van der Waals surface area contributed by atoms with Gasteiger partial charge in [-0.2, -0.15) is 0 Å². The second kappa shape index (κ2) is 4.17. The van der Waals surface area contributed by atoms with Gasteiger partial charge in [-0.3, -0.25) is 0 Å². The van der Waals surface area contributed by atoms with Crippen molar-refractivity contribution in [2.24, 2.45) is 0 Å². The minimum atomic E-state index is -0.0624. The maximum absolute atomic E-state index is 5.89. The topological polar surface area (TPSA) is 55.0 Å². The van der Waals surface area contributed by atoms with Crippen molar-refractivity contribution < 1.29 is 0 Å². The summed E-state index contributed by atoms with van der Waals surface area (Å²) in [4.78, 5) is 11.3. The van der Waals surface area contributed by atoms with Crippen LogP contribution in [0.2, 0.25) is 0 Å². The highest BCUT2D eigenvalue weighted by atomic mass is 15.2. The Hall–Kier alpha value is -1.32. The summed E-state index contributed by atoms with van der Waals surface area (Å²) in [5.41, 5.74) is 5.83. The highest BCUT2D eigenvalue weighted by Crippen LogP contribution is 2.27. The molecule has 1 atom stereocenters. The fourth-order valence-corrected chi connectivity index (χ4v) is 2.21. The predicted octanol–water partition coefficient (Wildman–Crippen LogP) is 2.35. The highest BCUT2D eigenvalue weighted by molar-refractivity contribution is 5.49. The maximum Gasteiger partial charge on any atom is 0.138 e. The molecule has 2 rings (SSSR count). The van der Waals surface area contributed by atoms with E-state index in [0.717, 1.165) is 18.2 Å². The van der Waals surface area contributed by atoms with Crippen molar-refractivity contribution in [2.75, 3.05) is 17.2 Å². The molecule has 0 aliphatic carbocycles. The lowest BCUT2D eigenvalue weighted by atomic mass is 9.96. The number of nitrogen functional groups attached to an aromatic ring is 1. The Morgan fingerprint density at radius 1 is 1.35 bits per heavy atom. The molecule has 1 fully saturated rings. The Labute approximate surface area is 103 Å². The molecule has 0 radical (unpaired) electrons. The molecule has 1 aliphatic heterocycles. The number of hydrogen-bond donors (Lipinski definition) is 1. The Kier molecular flexibility index (Phi) is 2.98. The first-order chi connectivity index (χ1) is 7.88. The molecule has 0 saturated carbocycles. The number of nitrogens with two attached hydrogens (primary N) is 1. The van der Waals surface area contributed by atoms with Gasteiger partial charge in [0.1, 0.15) is 17.5 Å². The van der Waals surface area contributed by atoms with Crippen LogP contribution in [0.3, 0.4) is 0 Å². The molecule has 1 unspecified atom stereocenters. The van der Waals surface area contributed by atoms with Crippen molar-refractivity contribution >= 4 is 11.6 Å². The summed E-state index contributed by atoms with van der Waals surface area (Å²) in [6, 6.07) is 2.44. The van der Waals surface area contributed by atoms with E-state index in [1.807, 2.05) is 6.07 Å². The van der Waals surface area contributed by atoms with Crippen LogP contribution in [0.25, 0.3) is 0 Å². The molecule has 0 aromatic carbocycles. The molecule has 0 bridgehead atoms. The van der Waals surface area contributed by atoms with Gasteiger partial charge in [-0.05, 0) is 19.8 Å². The summed E-state index contributed by atoms with van der Waals surface area (Å²) >= 11 is 0. The van der Waals surface area contributed by atoms with Crippen LogP contribution in [0.5, 0.6) is 0 Å². The zero-order valence-electron chi connectivity index (χ0n) is 11.2. The van der Waals surface area contributed by atoms with E-state index in [9.17, 15) is 0 Å². The van der Waals surface area contributed by atoms with Crippen molar-refractivity contribution in [1.82, 2.24) is 9.97 Å². The molecule has 17 heavy (non-hydrogen) atoms. The van der Waals surface area contributed by atoms with Crippen molar-refractivity contribution in [3.63, 3.8) is 0 Å². The van der Waals surface area contributed by atoms with Gasteiger partial charge < -0.3 is 10.6 Å². The van der Waals surface area contributed by atoms with Gasteiger partial charge >= 0.3 is 0 Å². The first-order valence-electron chi connectivity index (χ1n) is 6.29. The Morgan fingerprint density at radius 3 is 2.59 bits per heavy atom. The second-order valence-electron chi connectivity index (χ2n) is 5.91. The van der Waals surface area contributed by atoms with Crippen molar-refractivity contribution in [2.45, 2.75) is 52.0 Å². The summed E-state index contributed by atoms with van der Waals surface area (Å²) in [6.45, 7) is 9.64. The first kappa shape index (κ1) is 12.1. The molecule has 1 aromatic heterocycles. The summed E-state index contributed by atoms with van der Waals surface area (Å²) in [7, 11) is 0. The molecule has 4 heteroatoms. The van der Waals surface area contributed by atoms with E-state index >= 15 is 0 Å². The largest absolute Gasteiger partial charge is 0.384 e. The van der Waals surface area contributed by atoms with E-state index in [4.69, 9.17) is 5.73 Å². The van der Waals surface area contributed by atoms with Crippen LogP contribution in [0.4, 0.5) is 11.6 Å². The fourth-order valence-electron chi connectivity index (χ4n) is 2.21. The van der Waals surface area contributed by atoms with E-state index in [0.29, 0.717) is 11.9 Å². The van der Waals surface area contributed by atoms with Gasteiger partial charge in [0.25, 0.3) is 0 Å². The van der Waals surface area contributed by atoms with E-state index < -0.39 is 0 Å².